The molecule has 0 heterocycles. The van der Waals surface area contributed by atoms with Crippen LogP contribution < -0.4 is 0 Å². The summed E-state index contributed by atoms with van der Waals surface area (Å²) in [4.78, 5) is 12.6. The fourth-order valence-electron chi connectivity index (χ4n) is 1.50. The lowest BCUT2D eigenvalue weighted by Gasteiger charge is -2.05. The third kappa shape index (κ3) is 3.72. The molecule has 98 valence electrons. The highest BCUT2D eigenvalue weighted by molar-refractivity contribution is 8.00. The van der Waals surface area contributed by atoms with E-state index in [0.717, 1.165) is 0 Å². The number of hydrogen-bond donors (Lipinski definition) is 0. The Morgan fingerprint density at radius 2 is 1.89 bits per heavy atom. The van der Waals surface area contributed by atoms with Crippen LogP contribution in [0.4, 0.5) is 4.39 Å². The monoisotopic (exact) mass is 314 g/mol. The molecule has 0 aliphatic carbocycles. The molecule has 2 rings (SSSR count). The van der Waals surface area contributed by atoms with Crippen LogP contribution in [0.5, 0.6) is 0 Å². The lowest BCUT2D eigenvalue weighted by Crippen LogP contribution is -2.05. The maximum atomic E-state index is 13.4. The van der Waals surface area contributed by atoms with E-state index in [9.17, 15) is 9.18 Å². The predicted octanol–water partition coefficient (Wildman–Crippen LogP) is 5.11. The Morgan fingerprint density at radius 1 is 1.16 bits per heavy atom. The van der Waals surface area contributed by atoms with Crippen molar-refractivity contribution in [1.82, 2.24) is 0 Å². The fraction of sp³-hybridized carbons (Fsp3) is 0.0714. The number of Topliss-reactive ketones (excluding diaryl/α,β-unsaturated/α-hetero) is 1. The Morgan fingerprint density at radius 3 is 2.63 bits per heavy atom. The summed E-state index contributed by atoms with van der Waals surface area (Å²) in [7, 11) is 0. The second-order valence-corrected chi connectivity index (χ2v) is 5.63. The van der Waals surface area contributed by atoms with E-state index >= 15 is 0 Å². The normalized spacial score (nSPS) is 10.5. The maximum absolute atomic E-state index is 13.4. The number of carbonyl (C=O) groups excluding carboxylic acids is 1. The highest BCUT2D eigenvalue weighted by atomic mass is 35.5. The summed E-state index contributed by atoms with van der Waals surface area (Å²) in [6, 6.07) is 10.9. The minimum atomic E-state index is -0.509. The van der Waals surface area contributed by atoms with Crippen LogP contribution in [0.15, 0.2) is 47.4 Å². The van der Waals surface area contributed by atoms with Crippen molar-refractivity contribution in [1.29, 1.82) is 0 Å². The number of rotatable bonds is 4. The van der Waals surface area contributed by atoms with Crippen LogP contribution in [0, 0.1) is 5.82 Å². The number of carbonyl (C=O) groups is 1. The van der Waals surface area contributed by atoms with E-state index in [-0.39, 0.29) is 17.1 Å². The Bertz CT molecular complexity index is 616. The van der Waals surface area contributed by atoms with Gasteiger partial charge in [-0.25, -0.2) is 4.39 Å². The molecule has 0 unspecified atom stereocenters. The topological polar surface area (TPSA) is 17.1 Å². The summed E-state index contributed by atoms with van der Waals surface area (Å²) in [5.74, 6) is -0.675. The molecule has 0 fully saturated rings. The fourth-order valence-corrected chi connectivity index (χ4v) is 2.87. The average molecular weight is 315 g/mol. The molecule has 0 aromatic heterocycles. The van der Waals surface area contributed by atoms with Gasteiger partial charge in [-0.1, -0.05) is 35.3 Å². The van der Waals surface area contributed by atoms with Gasteiger partial charge in [0.05, 0.1) is 16.3 Å². The quantitative estimate of drug-likeness (QED) is 0.576. The summed E-state index contributed by atoms with van der Waals surface area (Å²) >= 11 is 13.1. The van der Waals surface area contributed by atoms with Gasteiger partial charge in [0.2, 0.25) is 0 Å². The van der Waals surface area contributed by atoms with E-state index in [2.05, 4.69) is 0 Å². The van der Waals surface area contributed by atoms with Crippen LogP contribution in [-0.4, -0.2) is 11.5 Å². The van der Waals surface area contributed by atoms with Crippen molar-refractivity contribution in [2.24, 2.45) is 0 Å². The summed E-state index contributed by atoms with van der Waals surface area (Å²) in [6.45, 7) is 0. The van der Waals surface area contributed by atoms with Gasteiger partial charge in [0.25, 0.3) is 0 Å². The number of ketones is 1. The number of thioether (sulfide) groups is 1. The van der Waals surface area contributed by atoms with Gasteiger partial charge >= 0.3 is 0 Å². The molecule has 0 saturated carbocycles. The van der Waals surface area contributed by atoms with E-state index in [0.29, 0.717) is 14.9 Å². The zero-order valence-corrected chi connectivity index (χ0v) is 12.0. The minimum Gasteiger partial charge on any atom is -0.293 e. The van der Waals surface area contributed by atoms with Crippen LogP contribution in [-0.2, 0) is 0 Å². The molecule has 0 aliphatic rings. The lowest BCUT2D eigenvalue weighted by molar-refractivity contribution is 0.101. The molecule has 0 N–H and O–H groups in total. The Labute approximate surface area is 124 Å². The van der Waals surface area contributed by atoms with Crippen LogP contribution in [0.2, 0.25) is 10.0 Å². The molecule has 0 spiro atoms. The van der Waals surface area contributed by atoms with E-state index in [1.807, 2.05) is 0 Å². The van der Waals surface area contributed by atoms with Gasteiger partial charge in [-0.15, -0.1) is 11.8 Å². The second kappa shape index (κ2) is 6.42. The van der Waals surface area contributed by atoms with E-state index in [4.69, 9.17) is 23.2 Å². The predicted molar refractivity (Wildman–Crippen MR) is 77.9 cm³/mol. The second-order valence-electron chi connectivity index (χ2n) is 3.77. The molecule has 5 heteroatoms. The molecule has 0 atom stereocenters. The van der Waals surface area contributed by atoms with E-state index < -0.39 is 5.82 Å². The largest absolute Gasteiger partial charge is 0.293 e. The van der Waals surface area contributed by atoms with Crippen molar-refractivity contribution in [3.05, 3.63) is 63.9 Å². The van der Waals surface area contributed by atoms with Crippen molar-refractivity contribution in [2.75, 3.05) is 5.75 Å². The van der Waals surface area contributed by atoms with Crippen LogP contribution >= 0.6 is 35.0 Å². The summed E-state index contributed by atoms with van der Waals surface area (Å²) in [5.41, 5.74) is 0.0909. The van der Waals surface area contributed by atoms with Gasteiger partial charge in [-0.05, 0) is 30.3 Å². The Balaban J connectivity index is 2.09. The van der Waals surface area contributed by atoms with Gasteiger partial charge in [-0.2, -0.15) is 0 Å². The molecule has 0 saturated heterocycles. The molecular weight excluding hydrogens is 306 g/mol. The van der Waals surface area contributed by atoms with Gasteiger partial charge in [-0.3, -0.25) is 4.79 Å². The van der Waals surface area contributed by atoms with Crippen LogP contribution in [0.25, 0.3) is 0 Å². The van der Waals surface area contributed by atoms with Crippen molar-refractivity contribution >= 4 is 40.7 Å². The summed E-state index contributed by atoms with van der Waals surface area (Å²) in [5, 5.41) is 1.07. The zero-order chi connectivity index (χ0) is 13.8. The van der Waals surface area contributed by atoms with Crippen molar-refractivity contribution in [3.8, 4) is 0 Å². The summed E-state index contributed by atoms with van der Waals surface area (Å²) < 4.78 is 13.4. The summed E-state index contributed by atoms with van der Waals surface area (Å²) in [6.07, 6.45) is 0. The maximum Gasteiger partial charge on any atom is 0.176 e. The molecule has 0 bridgehead atoms. The van der Waals surface area contributed by atoms with Crippen LogP contribution in [0.3, 0.4) is 0 Å². The molecule has 19 heavy (non-hydrogen) atoms. The highest BCUT2D eigenvalue weighted by Crippen LogP contribution is 2.30. The number of hydrogen-bond acceptors (Lipinski definition) is 2. The van der Waals surface area contributed by atoms with E-state index in [1.165, 1.54) is 23.9 Å². The van der Waals surface area contributed by atoms with Crippen molar-refractivity contribution < 1.29 is 9.18 Å². The molecule has 0 amide bonds. The standard InChI is InChI=1S/C14H9Cl2FOS/c15-9-5-6-11(16)14(7-9)19-8-13(18)10-3-1-2-4-12(10)17/h1-7H,8H2. The molecule has 2 aromatic carbocycles. The Hall–Kier alpha value is -1.03. The smallest absolute Gasteiger partial charge is 0.176 e. The molecule has 0 radical (unpaired) electrons. The molecule has 2 aromatic rings. The number of halogens is 3. The van der Waals surface area contributed by atoms with E-state index in [1.54, 1.807) is 30.3 Å². The highest BCUT2D eigenvalue weighted by Gasteiger charge is 2.12. The first kappa shape index (κ1) is 14.4. The van der Waals surface area contributed by atoms with Gasteiger partial charge in [0, 0.05) is 9.92 Å². The molecule has 1 nitrogen and oxygen atoms in total. The first-order valence-electron chi connectivity index (χ1n) is 5.43. The first-order chi connectivity index (χ1) is 9.08. The lowest BCUT2D eigenvalue weighted by atomic mass is 10.1. The van der Waals surface area contributed by atoms with Crippen molar-refractivity contribution in [3.63, 3.8) is 0 Å². The van der Waals surface area contributed by atoms with Gasteiger partial charge < -0.3 is 0 Å². The van der Waals surface area contributed by atoms with Gasteiger partial charge in [0.15, 0.2) is 5.78 Å². The third-order valence-electron chi connectivity index (χ3n) is 2.43. The number of benzene rings is 2. The first-order valence-corrected chi connectivity index (χ1v) is 7.17. The SMILES string of the molecule is O=C(CSc1cc(Cl)ccc1Cl)c1ccccc1F. The Kier molecular flexibility index (Phi) is 4.86. The third-order valence-corrected chi connectivity index (χ3v) is 4.16. The average Bonchev–Trinajstić information content (AvgIpc) is 2.40. The molecular formula is C14H9Cl2FOS. The van der Waals surface area contributed by atoms with Crippen molar-refractivity contribution in [2.45, 2.75) is 4.90 Å². The zero-order valence-electron chi connectivity index (χ0n) is 9.70. The van der Waals surface area contributed by atoms with Crippen LogP contribution in [0.1, 0.15) is 10.4 Å². The minimum absolute atomic E-state index is 0.0909. The molecule has 0 aliphatic heterocycles. The van der Waals surface area contributed by atoms with Gasteiger partial charge in [0.1, 0.15) is 5.82 Å².